The second kappa shape index (κ2) is 8.30. The summed E-state index contributed by atoms with van der Waals surface area (Å²) in [4.78, 5) is 14.3. The zero-order valence-electron chi connectivity index (χ0n) is 11.6. The molecule has 4 nitrogen and oxygen atoms in total. The molecule has 0 aromatic heterocycles. The molecule has 0 bridgehead atoms. The Balaban J connectivity index is 2.90. The van der Waals surface area contributed by atoms with E-state index in [2.05, 4.69) is 15.9 Å². The number of ether oxygens (including phenoxy) is 2. The van der Waals surface area contributed by atoms with Gasteiger partial charge in [-0.25, -0.2) is 0 Å². The van der Waals surface area contributed by atoms with Crippen molar-refractivity contribution >= 4 is 21.8 Å². The normalized spacial score (nSPS) is 12.2. The molecule has 1 aromatic carbocycles. The second-order valence-electron chi connectivity index (χ2n) is 4.28. The van der Waals surface area contributed by atoms with Gasteiger partial charge < -0.3 is 14.4 Å². The minimum atomic E-state index is -0.0194. The fourth-order valence-electron chi connectivity index (χ4n) is 1.83. The quantitative estimate of drug-likeness (QED) is 0.771. The molecule has 0 fully saturated rings. The summed E-state index contributed by atoms with van der Waals surface area (Å²) >= 11 is 3.41. The SMILES string of the molecule is COCCN(C(=O)c1ccccc1Br)C(C)COC. The largest absolute Gasteiger partial charge is 0.383 e. The van der Waals surface area contributed by atoms with Crippen LogP contribution in [0.1, 0.15) is 17.3 Å². The lowest BCUT2D eigenvalue weighted by atomic mass is 10.1. The molecule has 1 atom stereocenters. The maximum Gasteiger partial charge on any atom is 0.255 e. The van der Waals surface area contributed by atoms with E-state index in [9.17, 15) is 4.79 Å². The number of nitrogens with zero attached hydrogens (tertiary/aromatic N) is 1. The summed E-state index contributed by atoms with van der Waals surface area (Å²) in [5, 5.41) is 0. The van der Waals surface area contributed by atoms with Gasteiger partial charge >= 0.3 is 0 Å². The van der Waals surface area contributed by atoms with Crippen molar-refractivity contribution in [1.29, 1.82) is 0 Å². The first-order chi connectivity index (χ1) is 9.11. The fourth-order valence-corrected chi connectivity index (χ4v) is 2.29. The molecule has 1 amide bonds. The van der Waals surface area contributed by atoms with Crippen LogP contribution >= 0.6 is 15.9 Å². The van der Waals surface area contributed by atoms with Crippen LogP contribution in [0.2, 0.25) is 0 Å². The zero-order valence-corrected chi connectivity index (χ0v) is 13.1. The number of carbonyl (C=O) groups excluding carboxylic acids is 1. The molecule has 0 heterocycles. The van der Waals surface area contributed by atoms with Crippen LogP contribution in [-0.4, -0.2) is 50.8 Å². The van der Waals surface area contributed by atoms with Gasteiger partial charge in [0.05, 0.1) is 24.8 Å². The summed E-state index contributed by atoms with van der Waals surface area (Å²) in [6.07, 6.45) is 0. The Morgan fingerprint density at radius 3 is 2.58 bits per heavy atom. The number of amides is 1. The summed E-state index contributed by atoms with van der Waals surface area (Å²) in [7, 11) is 3.26. The molecule has 0 N–H and O–H groups in total. The Morgan fingerprint density at radius 2 is 2.00 bits per heavy atom. The second-order valence-corrected chi connectivity index (χ2v) is 5.13. The highest BCUT2D eigenvalue weighted by Gasteiger charge is 2.22. The van der Waals surface area contributed by atoms with E-state index in [1.807, 2.05) is 31.2 Å². The highest BCUT2D eigenvalue weighted by Crippen LogP contribution is 2.19. The third-order valence-corrected chi connectivity index (χ3v) is 3.53. The molecule has 0 aliphatic carbocycles. The Kier molecular flexibility index (Phi) is 7.05. The smallest absolute Gasteiger partial charge is 0.255 e. The minimum absolute atomic E-state index is 0.000226. The van der Waals surface area contributed by atoms with E-state index in [4.69, 9.17) is 9.47 Å². The molecule has 1 rings (SSSR count). The van der Waals surface area contributed by atoms with Gasteiger partial charge in [-0.2, -0.15) is 0 Å². The average Bonchev–Trinajstić information content (AvgIpc) is 2.39. The predicted octanol–water partition coefficient (Wildman–Crippen LogP) is 2.57. The summed E-state index contributed by atoms with van der Waals surface area (Å²) in [5.41, 5.74) is 0.654. The van der Waals surface area contributed by atoms with E-state index in [-0.39, 0.29) is 11.9 Å². The summed E-state index contributed by atoms with van der Waals surface area (Å²) in [6, 6.07) is 7.42. The number of rotatable bonds is 7. The van der Waals surface area contributed by atoms with E-state index in [0.29, 0.717) is 25.3 Å². The van der Waals surface area contributed by atoms with Gasteiger partial charge in [0.1, 0.15) is 0 Å². The van der Waals surface area contributed by atoms with Crippen LogP contribution < -0.4 is 0 Å². The van der Waals surface area contributed by atoms with Crippen LogP contribution in [0.25, 0.3) is 0 Å². The Hall–Kier alpha value is -0.910. The first-order valence-corrected chi connectivity index (χ1v) is 6.94. The Morgan fingerprint density at radius 1 is 1.32 bits per heavy atom. The molecule has 1 unspecified atom stereocenters. The van der Waals surface area contributed by atoms with Crippen molar-refractivity contribution in [3.63, 3.8) is 0 Å². The first kappa shape index (κ1) is 16.1. The molecular formula is C14H20BrNO3. The first-order valence-electron chi connectivity index (χ1n) is 6.15. The van der Waals surface area contributed by atoms with Crippen molar-refractivity contribution in [2.45, 2.75) is 13.0 Å². The minimum Gasteiger partial charge on any atom is -0.383 e. The zero-order chi connectivity index (χ0) is 14.3. The van der Waals surface area contributed by atoms with Gasteiger partial charge in [0.15, 0.2) is 0 Å². The molecule has 0 radical (unpaired) electrons. The number of methoxy groups -OCH3 is 2. The van der Waals surface area contributed by atoms with Gasteiger partial charge in [0, 0.05) is 25.2 Å². The number of halogens is 1. The molecule has 0 aliphatic heterocycles. The molecule has 0 saturated heterocycles. The summed E-state index contributed by atoms with van der Waals surface area (Å²) in [6.45, 7) is 3.51. The van der Waals surface area contributed by atoms with Crippen molar-refractivity contribution < 1.29 is 14.3 Å². The van der Waals surface area contributed by atoms with Gasteiger partial charge in [-0.3, -0.25) is 4.79 Å². The highest BCUT2D eigenvalue weighted by atomic mass is 79.9. The molecule has 1 aromatic rings. The van der Waals surface area contributed by atoms with Crippen molar-refractivity contribution in [1.82, 2.24) is 4.90 Å². The Bertz CT molecular complexity index is 411. The lowest BCUT2D eigenvalue weighted by molar-refractivity contribution is 0.0478. The van der Waals surface area contributed by atoms with Gasteiger partial charge in [-0.05, 0) is 35.0 Å². The van der Waals surface area contributed by atoms with Gasteiger partial charge in [0.25, 0.3) is 5.91 Å². The van der Waals surface area contributed by atoms with Crippen molar-refractivity contribution in [3.05, 3.63) is 34.3 Å². The third kappa shape index (κ3) is 4.60. The van der Waals surface area contributed by atoms with Crippen LogP contribution in [-0.2, 0) is 9.47 Å². The number of hydrogen-bond acceptors (Lipinski definition) is 3. The van der Waals surface area contributed by atoms with E-state index in [1.165, 1.54) is 0 Å². The molecule has 0 saturated carbocycles. The molecular weight excluding hydrogens is 310 g/mol. The number of hydrogen-bond donors (Lipinski definition) is 0. The highest BCUT2D eigenvalue weighted by molar-refractivity contribution is 9.10. The number of benzene rings is 1. The Labute approximate surface area is 122 Å². The van der Waals surface area contributed by atoms with Crippen LogP contribution in [0.3, 0.4) is 0 Å². The standard InChI is InChI=1S/C14H20BrNO3/c1-11(10-19-3)16(8-9-18-2)14(17)12-6-4-5-7-13(12)15/h4-7,11H,8-10H2,1-3H3. The molecule has 5 heteroatoms. The number of carbonyl (C=O) groups is 1. The van der Waals surface area contributed by atoms with Crippen LogP contribution in [0.15, 0.2) is 28.7 Å². The van der Waals surface area contributed by atoms with Crippen molar-refractivity contribution in [2.75, 3.05) is 34.0 Å². The van der Waals surface area contributed by atoms with E-state index in [0.717, 1.165) is 4.47 Å². The fraction of sp³-hybridized carbons (Fsp3) is 0.500. The molecule has 19 heavy (non-hydrogen) atoms. The summed E-state index contributed by atoms with van der Waals surface area (Å²) < 4.78 is 11.0. The maximum atomic E-state index is 12.6. The van der Waals surface area contributed by atoms with Crippen molar-refractivity contribution in [2.24, 2.45) is 0 Å². The lowest BCUT2D eigenvalue weighted by Crippen LogP contribution is -2.43. The van der Waals surface area contributed by atoms with Gasteiger partial charge in [-0.1, -0.05) is 12.1 Å². The third-order valence-electron chi connectivity index (χ3n) is 2.84. The van der Waals surface area contributed by atoms with E-state index >= 15 is 0 Å². The van der Waals surface area contributed by atoms with Gasteiger partial charge in [-0.15, -0.1) is 0 Å². The monoisotopic (exact) mass is 329 g/mol. The van der Waals surface area contributed by atoms with E-state index < -0.39 is 0 Å². The molecule has 0 aliphatic rings. The average molecular weight is 330 g/mol. The van der Waals surface area contributed by atoms with Crippen molar-refractivity contribution in [3.8, 4) is 0 Å². The summed E-state index contributed by atoms with van der Waals surface area (Å²) in [5.74, 6) is -0.0194. The predicted molar refractivity (Wildman–Crippen MR) is 78.4 cm³/mol. The topological polar surface area (TPSA) is 38.8 Å². The molecule has 0 spiro atoms. The molecule has 106 valence electrons. The lowest BCUT2D eigenvalue weighted by Gasteiger charge is -2.29. The van der Waals surface area contributed by atoms with Crippen LogP contribution in [0.4, 0.5) is 0 Å². The van der Waals surface area contributed by atoms with Gasteiger partial charge in [0.2, 0.25) is 0 Å². The van der Waals surface area contributed by atoms with Crippen LogP contribution in [0.5, 0.6) is 0 Å². The van der Waals surface area contributed by atoms with Crippen LogP contribution in [0, 0.1) is 0 Å². The van der Waals surface area contributed by atoms with E-state index in [1.54, 1.807) is 19.1 Å². The maximum absolute atomic E-state index is 12.6.